The van der Waals surface area contributed by atoms with Crippen molar-refractivity contribution in [3.63, 3.8) is 0 Å². The molecule has 0 N–H and O–H groups in total. The van der Waals surface area contributed by atoms with E-state index in [1.807, 2.05) is 0 Å². The van der Waals surface area contributed by atoms with E-state index in [0.29, 0.717) is 5.92 Å². The van der Waals surface area contributed by atoms with Crippen LogP contribution in [0.15, 0.2) is 16.6 Å². The third-order valence-electron chi connectivity index (χ3n) is 3.40. The quantitative estimate of drug-likeness (QED) is 0.582. The summed E-state index contributed by atoms with van der Waals surface area (Å²) in [6.07, 6.45) is 0. The normalized spacial score (nSPS) is 13.2. The zero-order chi connectivity index (χ0) is 14.3. The van der Waals surface area contributed by atoms with Gasteiger partial charge in [-0.15, -0.1) is 0 Å². The molecule has 0 amide bonds. The van der Waals surface area contributed by atoms with Crippen molar-refractivity contribution in [2.24, 2.45) is 0 Å². The fourth-order valence-electron chi connectivity index (χ4n) is 2.05. The van der Waals surface area contributed by atoms with Gasteiger partial charge < -0.3 is 0 Å². The maximum atomic E-state index is 3.82. The highest BCUT2D eigenvalue weighted by Crippen LogP contribution is 2.39. The van der Waals surface area contributed by atoms with E-state index >= 15 is 0 Å². The van der Waals surface area contributed by atoms with Crippen molar-refractivity contribution in [1.82, 2.24) is 0 Å². The van der Waals surface area contributed by atoms with Crippen molar-refractivity contribution >= 4 is 15.9 Å². The molecule has 0 aromatic heterocycles. The molecular weight excluding hydrogens is 284 g/mol. The zero-order valence-electron chi connectivity index (χ0n) is 13.1. The van der Waals surface area contributed by atoms with Crippen LogP contribution in [0.2, 0.25) is 0 Å². The van der Waals surface area contributed by atoms with Crippen molar-refractivity contribution in [1.29, 1.82) is 0 Å². The highest BCUT2D eigenvalue weighted by molar-refractivity contribution is 9.10. The number of benzene rings is 1. The number of hydrogen-bond donors (Lipinski definition) is 0. The second-order valence-electron chi connectivity index (χ2n) is 7.58. The molecule has 0 spiro atoms. The van der Waals surface area contributed by atoms with E-state index < -0.39 is 0 Å². The lowest BCUT2D eigenvalue weighted by Crippen LogP contribution is -2.18. The van der Waals surface area contributed by atoms with Gasteiger partial charge in [-0.1, -0.05) is 83.5 Å². The maximum Gasteiger partial charge on any atom is 0.0247 e. The molecule has 0 atom stereocenters. The van der Waals surface area contributed by atoms with Gasteiger partial charge in [0, 0.05) is 4.47 Å². The van der Waals surface area contributed by atoms with Crippen molar-refractivity contribution in [2.75, 3.05) is 0 Å². The first-order valence-electron chi connectivity index (χ1n) is 6.79. The second kappa shape index (κ2) is 5.00. The van der Waals surface area contributed by atoms with E-state index in [9.17, 15) is 0 Å². The summed E-state index contributed by atoms with van der Waals surface area (Å²) in [5.41, 5.74) is 4.64. The van der Waals surface area contributed by atoms with Crippen LogP contribution in [-0.4, -0.2) is 0 Å². The Morgan fingerprint density at radius 3 is 1.72 bits per heavy atom. The third-order valence-corrected chi connectivity index (χ3v) is 4.28. The topological polar surface area (TPSA) is 0 Å². The summed E-state index contributed by atoms with van der Waals surface area (Å²) in [6, 6.07) is 4.74. The molecule has 0 aliphatic heterocycles. The molecule has 0 bridgehead atoms. The summed E-state index contributed by atoms with van der Waals surface area (Å²) in [7, 11) is 0. The molecule has 0 nitrogen and oxygen atoms in total. The monoisotopic (exact) mass is 310 g/mol. The van der Waals surface area contributed by atoms with Gasteiger partial charge >= 0.3 is 0 Å². The summed E-state index contributed by atoms with van der Waals surface area (Å²) < 4.78 is 1.29. The van der Waals surface area contributed by atoms with Crippen LogP contribution >= 0.6 is 15.9 Å². The molecule has 0 aliphatic rings. The Morgan fingerprint density at radius 1 is 0.889 bits per heavy atom. The summed E-state index contributed by atoms with van der Waals surface area (Å²) >= 11 is 3.82. The highest BCUT2D eigenvalue weighted by atomic mass is 79.9. The van der Waals surface area contributed by atoms with Gasteiger partial charge in [0.15, 0.2) is 0 Å². The molecule has 0 saturated carbocycles. The molecule has 1 rings (SSSR count). The molecule has 0 fully saturated rings. The Balaban J connectivity index is 3.58. The number of halogens is 1. The van der Waals surface area contributed by atoms with E-state index in [0.717, 1.165) is 0 Å². The van der Waals surface area contributed by atoms with Gasteiger partial charge in [-0.05, 0) is 33.4 Å². The summed E-state index contributed by atoms with van der Waals surface area (Å²) in [5, 5.41) is 0. The van der Waals surface area contributed by atoms with E-state index in [2.05, 4.69) is 83.5 Å². The van der Waals surface area contributed by atoms with Gasteiger partial charge in [0.05, 0.1) is 0 Å². The van der Waals surface area contributed by atoms with Gasteiger partial charge in [0.2, 0.25) is 0 Å². The van der Waals surface area contributed by atoms with Crippen molar-refractivity contribution < 1.29 is 0 Å². The van der Waals surface area contributed by atoms with Crippen LogP contribution < -0.4 is 0 Å². The van der Waals surface area contributed by atoms with Gasteiger partial charge in [-0.3, -0.25) is 0 Å². The summed E-state index contributed by atoms with van der Waals surface area (Å²) in [6.45, 7) is 18.2. The lowest BCUT2D eigenvalue weighted by Gasteiger charge is -2.28. The Morgan fingerprint density at radius 2 is 1.39 bits per heavy atom. The first-order valence-corrected chi connectivity index (χ1v) is 7.58. The van der Waals surface area contributed by atoms with Gasteiger partial charge in [-0.25, -0.2) is 0 Å². The first kappa shape index (κ1) is 15.8. The second-order valence-corrected chi connectivity index (χ2v) is 8.37. The van der Waals surface area contributed by atoms with Crippen LogP contribution in [-0.2, 0) is 10.8 Å². The summed E-state index contributed by atoms with van der Waals surface area (Å²) in [4.78, 5) is 0. The smallest absolute Gasteiger partial charge is 0.0247 e. The fraction of sp³-hybridized carbons (Fsp3) is 0.647. The van der Waals surface area contributed by atoms with E-state index in [1.54, 1.807) is 0 Å². The van der Waals surface area contributed by atoms with Crippen LogP contribution in [0.3, 0.4) is 0 Å². The predicted octanol–water partition coefficient (Wildman–Crippen LogP) is 6.17. The van der Waals surface area contributed by atoms with Crippen LogP contribution in [0.5, 0.6) is 0 Å². The number of hydrogen-bond acceptors (Lipinski definition) is 0. The highest BCUT2D eigenvalue weighted by Gasteiger charge is 2.24. The molecule has 1 aromatic rings. The van der Waals surface area contributed by atoms with Crippen LogP contribution in [0.1, 0.15) is 78.0 Å². The fourth-order valence-corrected chi connectivity index (χ4v) is 3.33. The summed E-state index contributed by atoms with van der Waals surface area (Å²) in [5.74, 6) is 0.544. The molecule has 102 valence electrons. The van der Waals surface area contributed by atoms with Crippen molar-refractivity contribution in [2.45, 2.75) is 72.1 Å². The minimum absolute atomic E-state index is 0.170. The van der Waals surface area contributed by atoms with E-state index in [-0.39, 0.29) is 10.8 Å². The standard InChI is InChI=1S/C17H27Br/c1-11(2)13-9-12(16(3,4)5)10-14(15(13)18)17(6,7)8/h9-11H,1-8H3. The van der Waals surface area contributed by atoms with Crippen molar-refractivity contribution in [3.8, 4) is 0 Å². The Kier molecular flexibility index (Phi) is 4.37. The molecule has 1 heteroatoms. The van der Waals surface area contributed by atoms with Gasteiger partial charge in [-0.2, -0.15) is 0 Å². The van der Waals surface area contributed by atoms with Gasteiger partial charge in [0.1, 0.15) is 0 Å². The molecule has 1 aromatic carbocycles. The molecule has 0 unspecified atom stereocenters. The van der Waals surface area contributed by atoms with E-state index in [1.165, 1.54) is 21.2 Å². The lowest BCUT2D eigenvalue weighted by molar-refractivity contribution is 0.563. The largest absolute Gasteiger partial charge is 0.0586 e. The molecule has 18 heavy (non-hydrogen) atoms. The molecule has 0 radical (unpaired) electrons. The van der Waals surface area contributed by atoms with Crippen LogP contribution in [0.4, 0.5) is 0 Å². The average molecular weight is 311 g/mol. The zero-order valence-corrected chi connectivity index (χ0v) is 14.7. The van der Waals surface area contributed by atoms with E-state index in [4.69, 9.17) is 0 Å². The first-order chi connectivity index (χ1) is 7.94. The Bertz CT molecular complexity index is 428. The van der Waals surface area contributed by atoms with Crippen LogP contribution in [0, 0.1) is 0 Å². The van der Waals surface area contributed by atoms with Crippen molar-refractivity contribution in [3.05, 3.63) is 33.3 Å². The average Bonchev–Trinajstić information content (AvgIpc) is 2.13. The maximum absolute atomic E-state index is 3.82. The molecule has 0 aliphatic carbocycles. The minimum atomic E-state index is 0.170. The molecular formula is C17H27Br. The number of rotatable bonds is 1. The Labute approximate surface area is 121 Å². The minimum Gasteiger partial charge on any atom is -0.0586 e. The lowest BCUT2D eigenvalue weighted by atomic mass is 9.78. The SMILES string of the molecule is CC(C)c1cc(C(C)(C)C)cc(C(C)(C)C)c1Br. The molecule has 0 saturated heterocycles. The van der Waals surface area contributed by atoms with Gasteiger partial charge in [0.25, 0.3) is 0 Å². The predicted molar refractivity (Wildman–Crippen MR) is 85.6 cm³/mol. The molecule has 0 heterocycles. The Hall–Kier alpha value is -0.300. The third kappa shape index (κ3) is 3.38. The van der Waals surface area contributed by atoms with Crippen LogP contribution in [0.25, 0.3) is 0 Å².